The van der Waals surface area contributed by atoms with Crippen LogP contribution < -0.4 is 20.5 Å². The van der Waals surface area contributed by atoms with Crippen molar-refractivity contribution >= 4 is 34.6 Å². The van der Waals surface area contributed by atoms with Crippen LogP contribution in [0.15, 0.2) is 90.0 Å². The summed E-state index contributed by atoms with van der Waals surface area (Å²) in [6.07, 6.45) is 0. The van der Waals surface area contributed by atoms with Crippen molar-refractivity contribution in [3.05, 3.63) is 90.5 Å². The molecule has 3 aromatic carbocycles. The van der Waals surface area contributed by atoms with Crippen molar-refractivity contribution in [2.75, 3.05) is 29.3 Å². The monoisotopic (exact) mass is 427 g/mol. The number of benzene rings is 3. The number of carbonyl (C=O) groups is 2. The molecule has 0 aliphatic carbocycles. The number of rotatable bonds is 6. The Morgan fingerprint density at radius 2 is 1.50 bits per heavy atom. The largest absolute Gasteiger partial charge is 0.378 e. The van der Waals surface area contributed by atoms with Crippen molar-refractivity contribution in [2.45, 2.75) is 12.6 Å². The van der Waals surface area contributed by atoms with Crippen molar-refractivity contribution in [2.24, 2.45) is 5.10 Å². The van der Waals surface area contributed by atoms with Gasteiger partial charge in [0.25, 0.3) is 0 Å². The van der Waals surface area contributed by atoms with E-state index in [4.69, 9.17) is 0 Å². The fourth-order valence-electron chi connectivity index (χ4n) is 3.68. The number of carbonyl (C=O) groups excluding carboxylic acids is 2. The number of para-hydroxylation sites is 1. The van der Waals surface area contributed by atoms with Crippen molar-refractivity contribution < 1.29 is 9.59 Å². The van der Waals surface area contributed by atoms with E-state index >= 15 is 0 Å². The highest BCUT2D eigenvalue weighted by atomic mass is 16.2. The Morgan fingerprint density at radius 3 is 2.06 bits per heavy atom. The highest BCUT2D eigenvalue weighted by molar-refractivity contribution is 6.30. The third-order valence-corrected chi connectivity index (χ3v) is 5.20. The number of anilines is 3. The summed E-state index contributed by atoms with van der Waals surface area (Å²) in [6.45, 7) is 1.39. The van der Waals surface area contributed by atoms with Gasteiger partial charge in [-0.3, -0.25) is 9.59 Å². The van der Waals surface area contributed by atoms with Gasteiger partial charge in [-0.15, -0.1) is 0 Å². The van der Waals surface area contributed by atoms with E-state index in [2.05, 4.69) is 15.7 Å². The van der Waals surface area contributed by atoms with E-state index in [-0.39, 0.29) is 5.91 Å². The summed E-state index contributed by atoms with van der Waals surface area (Å²) in [5.41, 5.74) is 1.89. The van der Waals surface area contributed by atoms with Gasteiger partial charge in [-0.05, 0) is 36.4 Å². The van der Waals surface area contributed by atoms with Gasteiger partial charge < -0.3 is 15.5 Å². The fraction of sp³-hybridized carbons (Fsp3) is 0.160. The number of hydrogen-bond donors (Lipinski definition) is 2. The molecular weight excluding hydrogens is 402 g/mol. The second-order valence-corrected chi connectivity index (χ2v) is 7.76. The van der Waals surface area contributed by atoms with E-state index in [0.29, 0.717) is 17.1 Å². The Morgan fingerprint density at radius 1 is 0.906 bits per heavy atom. The highest BCUT2D eigenvalue weighted by Crippen LogP contribution is 2.31. The summed E-state index contributed by atoms with van der Waals surface area (Å²) in [4.78, 5) is 28.2. The molecule has 0 saturated carbocycles. The molecule has 4 rings (SSSR count). The molecular formula is C25H25N5O2. The first-order valence-corrected chi connectivity index (χ1v) is 10.3. The summed E-state index contributed by atoms with van der Waals surface area (Å²) in [6, 6.07) is 26.2. The van der Waals surface area contributed by atoms with Crippen molar-refractivity contribution in [3.63, 3.8) is 0 Å². The molecule has 3 aromatic rings. The normalized spacial score (nSPS) is 17.7. The van der Waals surface area contributed by atoms with Gasteiger partial charge in [0.05, 0.1) is 5.69 Å². The Hall–Kier alpha value is -4.13. The third kappa shape index (κ3) is 3.92. The molecule has 0 radical (unpaired) electrons. The van der Waals surface area contributed by atoms with Gasteiger partial charge in [0.2, 0.25) is 11.6 Å². The fourth-order valence-corrected chi connectivity index (χ4v) is 3.68. The molecule has 7 nitrogen and oxygen atoms in total. The standard InChI is InChI=1S/C25H25N5O2/c1-18(31)26-25(27-20-14-16-21(17-15-20)29(2)3)23(19-10-6-4-7-11-19)28-30(24(25)32)22-12-8-5-9-13-22/h4-17,27H,1-3H3,(H,26,31). The molecule has 32 heavy (non-hydrogen) atoms. The molecule has 0 bridgehead atoms. The SMILES string of the molecule is CC(=O)NC1(Nc2ccc(N(C)C)cc2)C(=O)N(c2ccccc2)N=C1c1ccccc1. The molecule has 0 spiro atoms. The van der Waals surface area contributed by atoms with E-state index in [1.807, 2.05) is 91.8 Å². The Bertz CT molecular complexity index is 1140. The molecule has 2 amide bonds. The van der Waals surface area contributed by atoms with Crippen LogP contribution in [0.3, 0.4) is 0 Å². The lowest BCUT2D eigenvalue weighted by Crippen LogP contribution is -2.64. The zero-order chi connectivity index (χ0) is 22.7. The topological polar surface area (TPSA) is 77.0 Å². The third-order valence-electron chi connectivity index (χ3n) is 5.20. The average Bonchev–Trinajstić information content (AvgIpc) is 3.06. The van der Waals surface area contributed by atoms with Crippen LogP contribution in [0.1, 0.15) is 12.5 Å². The Balaban J connectivity index is 1.84. The van der Waals surface area contributed by atoms with Gasteiger partial charge in [-0.2, -0.15) is 10.1 Å². The quantitative estimate of drug-likeness (QED) is 0.591. The van der Waals surface area contributed by atoms with Crippen molar-refractivity contribution in [3.8, 4) is 0 Å². The molecule has 1 aliphatic heterocycles. The van der Waals surface area contributed by atoms with E-state index in [1.165, 1.54) is 11.9 Å². The minimum Gasteiger partial charge on any atom is -0.378 e. The van der Waals surface area contributed by atoms with Crippen LogP contribution in [-0.2, 0) is 9.59 Å². The zero-order valence-corrected chi connectivity index (χ0v) is 18.2. The van der Waals surface area contributed by atoms with Crippen molar-refractivity contribution in [1.82, 2.24) is 5.32 Å². The highest BCUT2D eigenvalue weighted by Gasteiger charge is 2.53. The second kappa shape index (κ2) is 8.55. The Labute approximate surface area is 187 Å². The average molecular weight is 428 g/mol. The molecule has 1 atom stereocenters. The van der Waals surface area contributed by atoms with Crippen LogP contribution >= 0.6 is 0 Å². The van der Waals surface area contributed by atoms with Crippen LogP contribution in [-0.4, -0.2) is 37.3 Å². The summed E-state index contributed by atoms with van der Waals surface area (Å²) in [7, 11) is 3.92. The van der Waals surface area contributed by atoms with Crippen LogP contribution in [0.5, 0.6) is 0 Å². The first-order valence-electron chi connectivity index (χ1n) is 10.3. The zero-order valence-electron chi connectivity index (χ0n) is 18.2. The molecule has 0 fully saturated rings. The summed E-state index contributed by atoms with van der Waals surface area (Å²) >= 11 is 0. The number of nitrogens with zero attached hydrogens (tertiary/aromatic N) is 3. The van der Waals surface area contributed by atoms with Crippen LogP contribution in [0.25, 0.3) is 0 Å². The van der Waals surface area contributed by atoms with Crippen molar-refractivity contribution in [1.29, 1.82) is 0 Å². The molecule has 1 unspecified atom stereocenters. The number of hydrazone groups is 1. The minimum atomic E-state index is -1.57. The number of hydrogen-bond acceptors (Lipinski definition) is 5. The maximum absolute atomic E-state index is 13.9. The molecule has 7 heteroatoms. The van der Waals surface area contributed by atoms with Gasteiger partial charge in [0.15, 0.2) is 0 Å². The molecule has 1 aliphatic rings. The van der Waals surface area contributed by atoms with Gasteiger partial charge in [-0.25, -0.2) is 0 Å². The molecule has 0 saturated heterocycles. The van der Waals surface area contributed by atoms with E-state index in [9.17, 15) is 9.59 Å². The lowest BCUT2D eigenvalue weighted by Gasteiger charge is -2.32. The van der Waals surface area contributed by atoms with Gasteiger partial charge >= 0.3 is 5.91 Å². The smallest absolute Gasteiger partial charge is 0.300 e. The first-order chi connectivity index (χ1) is 15.4. The molecule has 2 N–H and O–H groups in total. The van der Waals surface area contributed by atoms with E-state index in [1.54, 1.807) is 12.1 Å². The summed E-state index contributed by atoms with van der Waals surface area (Å²) in [5.74, 6) is -0.747. The van der Waals surface area contributed by atoms with Gasteiger partial charge in [-0.1, -0.05) is 48.5 Å². The maximum Gasteiger partial charge on any atom is 0.300 e. The lowest BCUT2D eigenvalue weighted by molar-refractivity contribution is -0.127. The molecule has 1 heterocycles. The lowest BCUT2D eigenvalue weighted by atomic mass is 9.95. The molecule has 0 aromatic heterocycles. The predicted molar refractivity (Wildman–Crippen MR) is 128 cm³/mol. The maximum atomic E-state index is 13.9. The second-order valence-electron chi connectivity index (χ2n) is 7.76. The van der Waals surface area contributed by atoms with Crippen LogP contribution in [0.2, 0.25) is 0 Å². The summed E-state index contributed by atoms with van der Waals surface area (Å²) in [5, 5.41) is 12.1. The molecule has 162 valence electrons. The number of amides is 2. The summed E-state index contributed by atoms with van der Waals surface area (Å²) < 4.78 is 0. The Kier molecular flexibility index (Phi) is 5.64. The van der Waals surface area contributed by atoms with Crippen LogP contribution in [0, 0.1) is 0 Å². The van der Waals surface area contributed by atoms with Gasteiger partial charge in [0, 0.05) is 38.0 Å². The predicted octanol–water partition coefficient (Wildman–Crippen LogP) is 3.45. The van der Waals surface area contributed by atoms with E-state index < -0.39 is 11.6 Å². The van der Waals surface area contributed by atoms with Crippen LogP contribution in [0.4, 0.5) is 17.1 Å². The minimum absolute atomic E-state index is 0.352. The first kappa shape index (κ1) is 21.1. The van der Waals surface area contributed by atoms with E-state index in [0.717, 1.165) is 11.3 Å². The number of nitrogens with one attached hydrogen (secondary N) is 2. The van der Waals surface area contributed by atoms with Gasteiger partial charge in [0.1, 0.15) is 5.71 Å².